The number of nitrogens with zero attached hydrogens (tertiary/aromatic N) is 2. The second-order valence-corrected chi connectivity index (χ2v) is 8.44. The van der Waals surface area contributed by atoms with Crippen LogP contribution < -0.4 is 10.3 Å². The van der Waals surface area contributed by atoms with Gasteiger partial charge in [0.15, 0.2) is 0 Å². The Kier molecular flexibility index (Phi) is 14.3. The second-order valence-electron chi connectivity index (χ2n) is 8.44. The van der Waals surface area contributed by atoms with Crippen molar-refractivity contribution in [1.29, 1.82) is 0 Å². The molecule has 10 heteroatoms. The van der Waals surface area contributed by atoms with E-state index in [4.69, 9.17) is 5.11 Å². The first-order valence-electron chi connectivity index (χ1n) is 13.0. The Hall–Kier alpha value is -4.86. The predicted octanol–water partition coefficient (Wildman–Crippen LogP) is 8.64. The fourth-order valence-corrected chi connectivity index (χ4v) is 3.56. The van der Waals surface area contributed by atoms with Gasteiger partial charge in [-0.3, -0.25) is 19.9 Å². The zero-order valence-electron chi connectivity index (χ0n) is 24.2. The van der Waals surface area contributed by atoms with E-state index < -0.39 is 17.7 Å². The van der Waals surface area contributed by atoms with E-state index in [1.54, 1.807) is 62.4 Å². The summed E-state index contributed by atoms with van der Waals surface area (Å²) < 4.78 is 38.8. The number of carbonyl (C=O) groups excluding carboxylic acids is 1. The number of para-hydroxylation sites is 2. The molecule has 0 radical (unpaired) electrons. The molecule has 0 atom stereocenters. The lowest BCUT2D eigenvalue weighted by Crippen LogP contribution is -2.18. The molecule has 224 valence electrons. The minimum atomic E-state index is -4.50. The van der Waals surface area contributed by atoms with Gasteiger partial charge < -0.3 is 10.2 Å². The van der Waals surface area contributed by atoms with Crippen molar-refractivity contribution < 1.29 is 33.0 Å². The minimum Gasteiger partial charge on any atom is -0.505 e. The molecule has 3 rings (SSSR count). The van der Waals surface area contributed by atoms with Crippen molar-refractivity contribution in [3.05, 3.63) is 102 Å². The van der Waals surface area contributed by atoms with Crippen molar-refractivity contribution in [2.75, 3.05) is 10.3 Å². The normalized spacial score (nSPS) is 11.2. The first-order valence-corrected chi connectivity index (χ1v) is 13.0. The Bertz CT molecular complexity index is 1400. The van der Waals surface area contributed by atoms with Crippen LogP contribution >= 0.6 is 0 Å². The second kappa shape index (κ2) is 17.1. The zero-order valence-corrected chi connectivity index (χ0v) is 24.2. The number of carboxylic acids is 1. The Morgan fingerprint density at radius 1 is 1.00 bits per heavy atom. The number of halogens is 3. The van der Waals surface area contributed by atoms with E-state index in [1.165, 1.54) is 23.1 Å². The highest BCUT2D eigenvalue weighted by molar-refractivity contribution is 6.07. The molecule has 3 aromatic rings. The number of hydrazone groups is 1. The standard InChI is InChI=1S/C27H24F3N3O4.C3H6.C2H6/c1-17(10-15-25(35)36)21-7-5-8-23(26(21)37)32-31-18(2)22-6-3-4-9-24(22)33(16-34)20-13-11-19(12-14-20)27(28,29)30;1-3-2;1-2/h3-14,16,32,37H,15H2,1-2H3,(H,35,36);3H,1H2,2H3;1-2H3/b17-10+,31-18+;;. The first kappa shape index (κ1) is 35.2. The van der Waals surface area contributed by atoms with Crippen molar-refractivity contribution in [2.45, 2.75) is 47.2 Å². The molecule has 0 fully saturated rings. The zero-order chi connectivity index (χ0) is 31.9. The van der Waals surface area contributed by atoms with Crippen LogP contribution in [0.1, 0.15) is 57.7 Å². The summed E-state index contributed by atoms with van der Waals surface area (Å²) in [6.07, 6.45) is -0.946. The summed E-state index contributed by atoms with van der Waals surface area (Å²) >= 11 is 0. The number of anilines is 3. The van der Waals surface area contributed by atoms with Crippen LogP contribution in [0.5, 0.6) is 5.75 Å². The van der Waals surface area contributed by atoms with Gasteiger partial charge in [0.2, 0.25) is 6.41 Å². The number of benzene rings is 3. The highest BCUT2D eigenvalue weighted by atomic mass is 19.4. The molecular formula is C32H36F3N3O4. The van der Waals surface area contributed by atoms with Crippen molar-refractivity contribution in [3.63, 3.8) is 0 Å². The van der Waals surface area contributed by atoms with Crippen LogP contribution in [0, 0.1) is 0 Å². The maximum absolute atomic E-state index is 12.9. The van der Waals surface area contributed by atoms with Crippen LogP contribution in [0.4, 0.5) is 30.2 Å². The molecule has 0 bridgehead atoms. The Balaban J connectivity index is 0.00000165. The van der Waals surface area contributed by atoms with E-state index in [0.717, 1.165) is 12.1 Å². The van der Waals surface area contributed by atoms with Gasteiger partial charge in [-0.2, -0.15) is 18.3 Å². The molecule has 7 nitrogen and oxygen atoms in total. The third-order valence-corrected chi connectivity index (χ3v) is 5.52. The number of allylic oxidation sites excluding steroid dienone is 2. The molecule has 42 heavy (non-hydrogen) atoms. The maximum atomic E-state index is 12.9. The van der Waals surface area contributed by atoms with Gasteiger partial charge in [0.1, 0.15) is 5.75 Å². The maximum Gasteiger partial charge on any atom is 0.416 e. The molecule has 1 amide bonds. The molecule has 0 aliphatic carbocycles. The van der Waals surface area contributed by atoms with Gasteiger partial charge in [-0.05, 0) is 62.7 Å². The van der Waals surface area contributed by atoms with Crippen molar-refractivity contribution in [1.82, 2.24) is 0 Å². The van der Waals surface area contributed by atoms with Crippen LogP contribution in [0.2, 0.25) is 0 Å². The van der Waals surface area contributed by atoms with Gasteiger partial charge in [0.05, 0.1) is 29.1 Å². The van der Waals surface area contributed by atoms with Gasteiger partial charge >= 0.3 is 12.1 Å². The SMILES string of the molecule is C/C(=C\CC(=O)O)c1cccc(N/N=C(\C)c2ccccc2N(C=O)c2ccc(C(F)(F)F)cc2)c1O.C=CC.CC. The van der Waals surface area contributed by atoms with E-state index in [2.05, 4.69) is 17.1 Å². The fourth-order valence-electron chi connectivity index (χ4n) is 3.56. The Morgan fingerprint density at radius 3 is 2.12 bits per heavy atom. The van der Waals surface area contributed by atoms with E-state index in [0.29, 0.717) is 34.5 Å². The largest absolute Gasteiger partial charge is 0.505 e. The monoisotopic (exact) mass is 583 g/mol. The van der Waals surface area contributed by atoms with E-state index in [9.17, 15) is 27.9 Å². The number of alkyl halides is 3. The van der Waals surface area contributed by atoms with Gasteiger partial charge in [-0.25, -0.2) is 0 Å². The quantitative estimate of drug-likeness (QED) is 0.0769. The highest BCUT2D eigenvalue weighted by Gasteiger charge is 2.30. The summed E-state index contributed by atoms with van der Waals surface area (Å²) in [5, 5.41) is 23.9. The molecular weight excluding hydrogens is 547 g/mol. The molecule has 0 unspecified atom stereocenters. The summed E-state index contributed by atoms with van der Waals surface area (Å²) in [7, 11) is 0. The lowest BCUT2D eigenvalue weighted by molar-refractivity contribution is -0.138. The summed E-state index contributed by atoms with van der Waals surface area (Å²) in [4.78, 5) is 24.0. The number of carboxylic acid groups (broad SMARTS) is 1. The number of phenols is 1. The van der Waals surface area contributed by atoms with Crippen molar-refractivity contribution in [2.24, 2.45) is 5.10 Å². The number of amides is 1. The summed E-state index contributed by atoms with van der Waals surface area (Å²) in [6, 6.07) is 15.9. The topological polar surface area (TPSA) is 102 Å². The molecule has 0 saturated carbocycles. The number of aromatic hydroxyl groups is 1. The Labute approximate surface area is 244 Å². The van der Waals surface area contributed by atoms with Crippen molar-refractivity contribution in [3.8, 4) is 5.75 Å². The lowest BCUT2D eigenvalue weighted by Gasteiger charge is -2.21. The lowest BCUT2D eigenvalue weighted by atomic mass is 10.0. The average molecular weight is 584 g/mol. The van der Waals surface area contributed by atoms with Crippen LogP contribution in [-0.2, 0) is 15.8 Å². The van der Waals surface area contributed by atoms with Crippen LogP contribution in [0.25, 0.3) is 5.57 Å². The van der Waals surface area contributed by atoms with E-state index >= 15 is 0 Å². The van der Waals surface area contributed by atoms with Crippen molar-refractivity contribution >= 4 is 40.7 Å². The molecule has 0 aliphatic rings. The minimum absolute atomic E-state index is 0.120. The number of phenolic OH excluding ortho intramolecular Hbond substituents is 1. The molecule has 0 spiro atoms. The molecule has 0 aliphatic heterocycles. The van der Waals surface area contributed by atoms with Crippen LogP contribution in [0.15, 0.2) is 90.6 Å². The number of aliphatic carboxylic acids is 1. The van der Waals surface area contributed by atoms with Gasteiger partial charge in [-0.15, -0.1) is 6.58 Å². The molecule has 3 aromatic carbocycles. The molecule has 3 N–H and O–H groups in total. The number of hydrogen-bond donors (Lipinski definition) is 3. The van der Waals surface area contributed by atoms with Gasteiger partial charge in [-0.1, -0.05) is 56.3 Å². The first-order chi connectivity index (χ1) is 19.9. The smallest absolute Gasteiger partial charge is 0.416 e. The molecule has 0 heterocycles. The van der Waals surface area contributed by atoms with E-state index in [-0.39, 0.29) is 23.5 Å². The summed E-state index contributed by atoms with van der Waals surface area (Å²) in [5.41, 5.74) is 4.83. The molecule has 0 saturated heterocycles. The summed E-state index contributed by atoms with van der Waals surface area (Å²) in [6.45, 7) is 12.6. The predicted molar refractivity (Wildman–Crippen MR) is 163 cm³/mol. The third-order valence-electron chi connectivity index (χ3n) is 5.52. The highest BCUT2D eigenvalue weighted by Crippen LogP contribution is 2.34. The number of nitrogens with one attached hydrogen (secondary N) is 1. The fraction of sp³-hybridized carbons (Fsp3) is 0.219. The molecule has 0 aromatic heterocycles. The number of carbonyl (C=O) groups is 2. The number of hydrogen-bond acceptors (Lipinski definition) is 5. The van der Waals surface area contributed by atoms with Gasteiger partial charge in [0.25, 0.3) is 0 Å². The Morgan fingerprint density at radius 2 is 1.57 bits per heavy atom. The summed E-state index contributed by atoms with van der Waals surface area (Å²) in [5.74, 6) is -1.11. The van der Waals surface area contributed by atoms with E-state index in [1.807, 2.05) is 20.8 Å². The third kappa shape index (κ3) is 9.96. The van der Waals surface area contributed by atoms with Crippen LogP contribution in [-0.4, -0.2) is 28.3 Å². The number of rotatable bonds is 9. The van der Waals surface area contributed by atoms with Crippen LogP contribution in [0.3, 0.4) is 0 Å². The average Bonchev–Trinajstić information content (AvgIpc) is 2.97. The van der Waals surface area contributed by atoms with Gasteiger partial charge in [0, 0.05) is 16.8 Å².